The number of nitrogens with zero attached hydrogens (tertiary/aromatic N) is 1. The lowest BCUT2D eigenvalue weighted by Crippen LogP contribution is -2.38. The minimum atomic E-state index is -4.67. The maximum atomic E-state index is 13.0. The smallest absolute Gasteiger partial charge is 0.417 e. The van der Waals surface area contributed by atoms with Gasteiger partial charge in [0.05, 0.1) is 5.56 Å². The van der Waals surface area contributed by atoms with Gasteiger partial charge in [-0.1, -0.05) is 0 Å². The summed E-state index contributed by atoms with van der Waals surface area (Å²) in [4.78, 5) is 25.1. The first-order valence-corrected chi connectivity index (χ1v) is 7.90. The molecule has 1 aromatic heterocycles. The predicted octanol–water partition coefficient (Wildman–Crippen LogP) is 3.20. The Kier molecular flexibility index (Phi) is 4.69. The fourth-order valence-corrected chi connectivity index (χ4v) is 2.85. The number of carbonyl (C=O) groups excluding carboxylic acids is 1. The zero-order valence-electron chi connectivity index (χ0n) is 13.3. The molecule has 1 fully saturated rings. The van der Waals surface area contributed by atoms with Crippen LogP contribution in [0.5, 0.6) is 5.75 Å². The second-order valence-electron chi connectivity index (χ2n) is 5.86. The van der Waals surface area contributed by atoms with E-state index in [4.69, 9.17) is 9.15 Å². The molecule has 1 aliphatic heterocycles. The highest BCUT2D eigenvalue weighted by atomic mass is 19.4. The number of benzene rings is 1. The zero-order chi connectivity index (χ0) is 18.0. The monoisotopic (exact) mass is 355 g/mol. The number of rotatable bonds is 3. The van der Waals surface area contributed by atoms with Crippen molar-refractivity contribution in [3.63, 3.8) is 0 Å². The van der Waals surface area contributed by atoms with Crippen molar-refractivity contribution in [1.82, 2.24) is 4.90 Å². The number of alkyl halides is 3. The Morgan fingerprint density at radius 2 is 1.88 bits per heavy atom. The lowest BCUT2D eigenvalue weighted by molar-refractivity contribution is -0.136. The van der Waals surface area contributed by atoms with Crippen LogP contribution >= 0.6 is 0 Å². The van der Waals surface area contributed by atoms with E-state index in [0.29, 0.717) is 19.2 Å². The molecule has 1 aromatic carbocycles. The molecule has 134 valence electrons. The van der Waals surface area contributed by atoms with E-state index in [2.05, 4.69) is 0 Å². The quantitative estimate of drug-likeness (QED) is 0.794. The first-order valence-electron chi connectivity index (χ1n) is 7.90. The van der Waals surface area contributed by atoms with Crippen molar-refractivity contribution in [2.75, 3.05) is 19.7 Å². The number of likely N-dealkylation sites (tertiary alicyclic amines) is 1. The standard InChI is InChI=1S/C17H16F3NO4/c18-17(19,20)13-9-16(23)25-14-8-11(4-5-12(13)14)24-10-15(22)21-6-2-1-3-7-21/h4-5,8-9H,1-3,6-7,10H2. The number of amides is 1. The van der Waals surface area contributed by atoms with Crippen LogP contribution in [0.4, 0.5) is 13.2 Å². The molecule has 0 N–H and O–H groups in total. The van der Waals surface area contributed by atoms with E-state index in [-0.39, 0.29) is 29.2 Å². The Bertz CT molecular complexity index is 838. The van der Waals surface area contributed by atoms with E-state index in [1.165, 1.54) is 18.2 Å². The lowest BCUT2D eigenvalue weighted by atomic mass is 10.1. The van der Waals surface area contributed by atoms with Crippen LogP contribution in [0, 0.1) is 0 Å². The van der Waals surface area contributed by atoms with Gasteiger partial charge < -0.3 is 14.1 Å². The van der Waals surface area contributed by atoms with Crippen molar-refractivity contribution in [3.05, 3.63) is 40.2 Å². The average Bonchev–Trinajstić information content (AvgIpc) is 2.58. The minimum Gasteiger partial charge on any atom is -0.484 e. The van der Waals surface area contributed by atoms with Crippen molar-refractivity contribution < 1.29 is 27.1 Å². The molecular weight excluding hydrogens is 339 g/mol. The van der Waals surface area contributed by atoms with Crippen LogP contribution in [0.3, 0.4) is 0 Å². The predicted molar refractivity (Wildman–Crippen MR) is 83.4 cm³/mol. The van der Waals surface area contributed by atoms with Gasteiger partial charge in [-0.25, -0.2) is 4.79 Å². The first-order chi connectivity index (χ1) is 11.8. The van der Waals surface area contributed by atoms with Crippen LogP contribution in [0.1, 0.15) is 24.8 Å². The summed E-state index contributed by atoms with van der Waals surface area (Å²) < 4.78 is 49.2. The van der Waals surface area contributed by atoms with E-state index < -0.39 is 17.4 Å². The Morgan fingerprint density at radius 3 is 2.56 bits per heavy atom. The first kappa shape index (κ1) is 17.3. The van der Waals surface area contributed by atoms with Crippen LogP contribution in [0.25, 0.3) is 11.0 Å². The molecule has 0 atom stereocenters. The molecule has 2 aromatic rings. The van der Waals surface area contributed by atoms with Gasteiger partial charge >= 0.3 is 11.8 Å². The highest BCUT2D eigenvalue weighted by Gasteiger charge is 2.33. The van der Waals surface area contributed by atoms with Crippen LogP contribution < -0.4 is 10.4 Å². The van der Waals surface area contributed by atoms with E-state index in [0.717, 1.165) is 19.3 Å². The van der Waals surface area contributed by atoms with Gasteiger partial charge in [-0.3, -0.25) is 4.79 Å². The molecule has 0 bridgehead atoms. The normalized spacial score (nSPS) is 15.4. The minimum absolute atomic E-state index is 0.167. The van der Waals surface area contributed by atoms with Crippen LogP contribution in [0.15, 0.2) is 33.5 Å². The molecule has 1 amide bonds. The summed E-state index contributed by atoms with van der Waals surface area (Å²) in [6.45, 7) is 1.15. The Morgan fingerprint density at radius 1 is 1.16 bits per heavy atom. The number of ether oxygens (including phenoxy) is 1. The molecule has 8 heteroatoms. The Hall–Kier alpha value is -2.51. The maximum absolute atomic E-state index is 13.0. The zero-order valence-corrected chi connectivity index (χ0v) is 13.3. The lowest BCUT2D eigenvalue weighted by Gasteiger charge is -2.26. The second-order valence-corrected chi connectivity index (χ2v) is 5.86. The summed E-state index contributed by atoms with van der Waals surface area (Å²) in [5.74, 6) is -0.00868. The van der Waals surface area contributed by atoms with Gasteiger partial charge in [0.25, 0.3) is 5.91 Å². The average molecular weight is 355 g/mol. The SMILES string of the molecule is O=C(COc1ccc2c(C(F)(F)F)cc(=O)oc2c1)N1CCCCC1. The summed E-state index contributed by atoms with van der Waals surface area (Å²) in [5.41, 5.74) is -2.39. The van der Waals surface area contributed by atoms with Crippen molar-refractivity contribution in [2.45, 2.75) is 25.4 Å². The second kappa shape index (κ2) is 6.78. The maximum Gasteiger partial charge on any atom is 0.417 e. The molecule has 1 aliphatic rings. The van der Waals surface area contributed by atoms with E-state index in [9.17, 15) is 22.8 Å². The summed E-state index contributed by atoms with van der Waals surface area (Å²) in [6, 6.07) is 4.10. The molecule has 0 saturated carbocycles. The largest absolute Gasteiger partial charge is 0.484 e. The number of carbonyl (C=O) groups is 1. The van der Waals surface area contributed by atoms with E-state index >= 15 is 0 Å². The third-order valence-electron chi connectivity index (χ3n) is 4.09. The molecule has 0 spiro atoms. The Labute approximate surface area is 141 Å². The number of piperidine rings is 1. The molecule has 0 unspecified atom stereocenters. The van der Waals surface area contributed by atoms with E-state index in [1.54, 1.807) is 4.90 Å². The van der Waals surface area contributed by atoms with Gasteiger partial charge in [0.1, 0.15) is 11.3 Å². The molecule has 0 aliphatic carbocycles. The molecule has 3 rings (SSSR count). The summed E-state index contributed by atoms with van der Waals surface area (Å²) in [6.07, 6.45) is -1.67. The molecular formula is C17H16F3NO4. The topological polar surface area (TPSA) is 59.8 Å². The molecule has 1 saturated heterocycles. The van der Waals surface area contributed by atoms with Crippen LogP contribution in [-0.4, -0.2) is 30.5 Å². The van der Waals surface area contributed by atoms with Gasteiger partial charge in [0.15, 0.2) is 6.61 Å². The van der Waals surface area contributed by atoms with Gasteiger partial charge in [-0.05, 0) is 31.4 Å². The van der Waals surface area contributed by atoms with Crippen molar-refractivity contribution in [3.8, 4) is 5.75 Å². The third-order valence-corrected chi connectivity index (χ3v) is 4.09. The highest BCUT2D eigenvalue weighted by molar-refractivity contribution is 5.82. The fourth-order valence-electron chi connectivity index (χ4n) is 2.85. The van der Waals surface area contributed by atoms with Gasteiger partial charge in [0.2, 0.25) is 0 Å². The third kappa shape index (κ3) is 3.94. The van der Waals surface area contributed by atoms with Crippen molar-refractivity contribution in [2.24, 2.45) is 0 Å². The summed E-state index contributed by atoms with van der Waals surface area (Å²) in [7, 11) is 0. The fraction of sp³-hybridized carbons (Fsp3) is 0.412. The molecule has 2 heterocycles. The van der Waals surface area contributed by atoms with Crippen molar-refractivity contribution >= 4 is 16.9 Å². The van der Waals surface area contributed by atoms with Gasteiger partial charge in [-0.15, -0.1) is 0 Å². The number of hydrogen-bond acceptors (Lipinski definition) is 4. The van der Waals surface area contributed by atoms with Crippen molar-refractivity contribution in [1.29, 1.82) is 0 Å². The highest BCUT2D eigenvalue weighted by Crippen LogP contribution is 2.34. The summed E-state index contributed by atoms with van der Waals surface area (Å²) >= 11 is 0. The molecule has 5 nitrogen and oxygen atoms in total. The number of hydrogen-bond donors (Lipinski definition) is 0. The number of fused-ring (bicyclic) bond motifs is 1. The molecule has 0 radical (unpaired) electrons. The molecule has 25 heavy (non-hydrogen) atoms. The van der Waals surface area contributed by atoms with Crippen LogP contribution in [-0.2, 0) is 11.0 Å². The number of halogens is 3. The Balaban J connectivity index is 1.79. The van der Waals surface area contributed by atoms with Crippen LogP contribution in [0.2, 0.25) is 0 Å². The summed E-state index contributed by atoms with van der Waals surface area (Å²) in [5, 5.41) is -0.234. The van der Waals surface area contributed by atoms with Gasteiger partial charge in [-0.2, -0.15) is 13.2 Å². The van der Waals surface area contributed by atoms with Gasteiger partial charge in [0, 0.05) is 30.6 Å². The van der Waals surface area contributed by atoms with E-state index in [1.807, 2.05) is 0 Å².